The standard InChI is InChI=1S/C17H29N3O2/c1-13(2)19(4)11-16-9-7-6-8-15(16)10-18-17(22)20(5)14(3)12-21/h6-9,13-14,21H,10-12H2,1-5H3,(H,18,22). The van der Waals surface area contributed by atoms with E-state index in [2.05, 4.69) is 37.2 Å². The minimum Gasteiger partial charge on any atom is -0.394 e. The first-order chi connectivity index (χ1) is 10.4. The van der Waals surface area contributed by atoms with Gasteiger partial charge in [0.15, 0.2) is 0 Å². The molecule has 5 heteroatoms. The maximum Gasteiger partial charge on any atom is 0.317 e. The van der Waals surface area contributed by atoms with Crippen LogP contribution in [0.25, 0.3) is 0 Å². The number of carbonyl (C=O) groups is 1. The molecule has 1 aromatic rings. The van der Waals surface area contributed by atoms with Gasteiger partial charge in [-0.25, -0.2) is 4.79 Å². The lowest BCUT2D eigenvalue weighted by molar-refractivity contribution is 0.157. The van der Waals surface area contributed by atoms with Crippen molar-refractivity contribution < 1.29 is 9.90 Å². The third kappa shape index (κ3) is 5.31. The van der Waals surface area contributed by atoms with Crippen molar-refractivity contribution in [2.75, 3.05) is 20.7 Å². The van der Waals surface area contributed by atoms with Gasteiger partial charge in [0.2, 0.25) is 0 Å². The average molecular weight is 307 g/mol. The van der Waals surface area contributed by atoms with E-state index in [1.165, 1.54) is 10.5 Å². The normalized spacial score (nSPS) is 12.5. The summed E-state index contributed by atoms with van der Waals surface area (Å²) in [6, 6.07) is 8.25. The molecule has 1 aromatic carbocycles. The zero-order valence-corrected chi connectivity index (χ0v) is 14.3. The van der Waals surface area contributed by atoms with Crippen molar-refractivity contribution >= 4 is 6.03 Å². The van der Waals surface area contributed by atoms with Crippen LogP contribution in [0.3, 0.4) is 0 Å². The predicted octanol–water partition coefficient (Wildman–Crippen LogP) is 2.05. The van der Waals surface area contributed by atoms with Crippen LogP contribution >= 0.6 is 0 Å². The second kappa shape index (κ2) is 8.76. The van der Waals surface area contributed by atoms with Crippen LogP contribution in [-0.4, -0.2) is 53.7 Å². The summed E-state index contributed by atoms with van der Waals surface area (Å²) in [4.78, 5) is 15.8. The fourth-order valence-corrected chi connectivity index (χ4v) is 1.95. The molecule has 124 valence electrons. The van der Waals surface area contributed by atoms with Gasteiger partial charge in [0, 0.05) is 26.2 Å². The molecule has 0 aliphatic carbocycles. The number of hydrogen-bond acceptors (Lipinski definition) is 3. The summed E-state index contributed by atoms with van der Waals surface area (Å²) in [5, 5.41) is 12.0. The van der Waals surface area contributed by atoms with E-state index in [1.54, 1.807) is 7.05 Å². The van der Waals surface area contributed by atoms with Crippen LogP contribution in [0.1, 0.15) is 31.9 Å². The fraction of sp³-hybridized carbons (Fsp3) is 0.588. The Morgan fingerprint density at radius 3 is 2.32 bits per heavy atom. The van der Waals surface area contributed by atoms with Gasteiger partial charge in [-0.15, -0.1) is 0 Å². The summed E-state index contributed by atoms with van der Waals surface area (Å²) in [6.07, 6.45) is 0. The van der Waals surface area contributed by atoms with Gasteiger partial charge in [-0.2, -0.15) is 0 Å². The largest absolute Gasteiger partial charge is 0.394 e. The van der Waals surface area contributed by atoms with Crippen LogP contribution in [0.2, 0.25) is 0 Å². The Hall–Kier alpha value is -1.59. The van der Waals surface area contributed by atoms with Crippen molar-refractivity contribution in [2.45, 2.75) is 45.9 Å². The number of nitrogens with zero attached hydrogens (tertiary/aromatic N) is 2. The van der Waals surface area contributed by atoms with E-state index in [4.69, 9.17) is 5.11 Å². The Balaban J connectivity index is 2.68. The summed E-state index contributed by atoms with van der Waals surface area (Å²) in [6.45, 7) is 7.44. The Labute approximate surface area is 133 Å². The van der Waals surface area contributed by atoms with Crippen LogP contribution in [0.4, 0.5) is 4.79 Å². The second-order valence-corrected chi connectivity index (χ2v) is 6.08. The Bertz CT molecular complexity index is 477. The topological polar surface area (TPSA) is 55.8 Å². The maximum atomic E-state index is 12.1. The van der Waals surface area contributed by atoms with Gasteiger partial charge in [-0.1, -0.05) is 24.3 Å². The summed E-state index contributed by atoms with van der Waals surface area (Å²) in [5.74, 6) is 0. The Kier molecular flexibility index (Phi) is 7.35. The number of carbonyl (C=O) groups excluding carboxylic acids is 1. The Morgan fingerprint density at radius 1 is 1.18 bits per heavy atom. The Morgan fingerprint density at radius 2 is 1.77 bits per heavy atom. The number of amides is 2. The summed E-state index contributed by atoms with van der Waals surface area (Å²) >= 11 is 0. The van der Waals surface area contributed by atoms with E-state index in [0.29, 0.717) is 12.6 Å². The van der Waals surface area contributed by atoms with Gasteiger partial charge in [0.05, 0.1) is 12.6 Å². The molecule has 0 heterocycles. The number of aliphatic hydroxyl groups excluding tert-OH is 1. The highest BCUT2D eigenvalue weighted by atomic mass is 16.3. The van der Waals surface area contributed by atoms with Gasteiger partial charge < -0.3 is 15.3 Å². The molecule has 2 N–H and O–H groups in total. The number of benzene rings is 1. The molecule has 22 heavy (non-hydrogen) atoms. The summed E-state index contributed by atoms with van der Waals surface area (Å²) in [7, 11) is 3.78. The van der Waals surface area contributed by atoms with Crippen LogP contribution < -0.4 is 5.32 Å². The zero-order valence-electron chi connectivity index (χ0n) is 14.3. The van der Waals surface area contributed by atoms with Crippen LogP contribution in [0, 0.1) is 0 Å². The zero-order chi connectivity index (χ0) is 16.7. The predicted molar refractivity (Wildman–Crippen MR) is 89.6 cm³/mol. The number of likely N-dealkylation sites (N-methyl/N-ethyl adjacent to an activating group) is 1. The number of hydrogen-bond donors (Lipinski definition) is 2. The van der Waals surface area contributed by atoms with Crippen LogP contribution in [-0.2, 0) is 13.1 Å². The average Bonchev–Trinajstić information content (AvgIpc) is 2.51. The van der Waals surface area contributed by atoms with Gasteiger partial charge >= 0.3 is 6.03 Å². The lowest BCUT2D eigenvalue weighted by atomic mass is 10.1. The van der Waals surface area contributed by atoms with Crippen molar-refractivity contribution in [3.8, 4) is 0 Å². The molecule has 0 saturated heterocycles. The number of aliphatic hydroxyl groups is 1. The molecule has 0 aromatic heterocycles. The molecule has 2 amide bonds. The van der Waals surface area contributed by atoms with Crippen molar-refractivity contribution in [3.05, 3.63) is 35.4 Å². The monoisotopic (exact) mass is 307 g/mol. The molecule has 0 aliphatic rings. The van der Waals surface area contributed by atoms with E-state index in [0.717, 1.165) is 12.1 Å². The van der Waals surface area contributed by atoms with Gasteiger partial charge in [-0.05, 0) is 38.9 Å². The first-order valence-electron chi connectivity index (χ1n) is 7.75. The van der Waals surface area contributed by atoms with Gasteiger partial charge in [-0.3, -0.25) is 4.90 Å². The molecule has 0 radical (unpaired) electrons. The summed E-state index contributed by atoms with van der Waals surface area (Å²) in [5.41, 5.74) is 2.34. The maximum absolute atomic E-state index is 12.1. The molecular formula is C17H29N3O2. The lowest BCUT2D eigenvalue weighted by Gasteiger charge is -2.25. The highest BCUT2D eigenvalue weighted by Crippen LogP contribution is 2.12. The molecule has 0 fully saturated rings. The highest BCUT2D eigenvalue weighted by molar-refractivity contribution is 5.74. The number of nitrogens with one attached hydrogen (secondary N) is 1. The molecule has 0 bridgehead atoms. The van der Waals surface area contributed by atoms with Crippen LogP contribution in [0.5, 0.6) is 0 Å². The van der Waals surface area contributed by atoms with Crippen molar-refractivity contribution in [1.29, 1.82) is 0 Å². The van der Waals surface area contributed by atoms with Gasteiger partial charge in [0.25, 0.3) is 0 Å². The first kappa shape index (κ1) is 18.5. The first-order valence-corrected chi connectivity index (χ1v) is 7.75. The molecule has 1 rings (SSSR count). The van der Waals surface area contributed by atoms with E-state index >= 15 is 0 Å². The van der Waals surface area contributed by atoms with E-state index in [9.17, 15) is 4.79 Å². The quantitative estimate of drug-likeness (QED) is 0.810. The number of urea groups is 1. The van der Waals surface area contributed by atoms with E-state index < -0.39 is 0 Å². The molecule has 1 unspecified atom stereocenters. The minimum atomic E-state index is -0.192. The van der Waals surface area contributed by atoms with Crippen LogP contribution in [0.15, 0.2) is 24.3 Å². The SMILES string of the molecule is CC(C)N(C)Cc1ccccc1CNC(=O)N(C)C(C)CO. The van der Waals surface area contributed by atoms with Gasteiger partial charge in [0.1, 0.15) is 0 Å². The fourth-order valence-electron chi connectivity index (χ4n) is 1.95. The third-order valence-electron chi connectivity index (χ3n) is 4.10. The highest BCUT2D eigenvalue weighted by Gasteiger charge is 2.15. The molecule has 0 saturated carbocycles. The van der Waals surface area contributed by atoms with E-state index in [-0.39, 0.29) is 18.7 Å². The smallest absolute Gasteiger partial charge is 0.317 e. The van der Waals surface area contributed by atoms with Crippen molar-refractivity contribution in [3.63, 3.8) is 0 Å². The second-order valence-electron chi connectivity index (χ2n) is 6.08. The van der Waals surface area contributed by atoms with Crippen molar-refractivity contribution in [2.24, 2.45) is 0 Å². The molecule has 0 spiro atoms. The summed E-state index contributed by atoms with van der Waals surface area (Å²) < 4.78 is 0. The molecule has 5 nitrogen and oxygen atoms in total. The molecule has 0 aliphatic heterocycles. The van der Waals surface area contributed by atoms with Crippen molar-refractivity contribution in [1.82, 2.24) is 15.1 Å². The van der Waals surface area contributed by atoms with E-state index in [1.807, 2.05) is 25.1 Å². The lowest BCUT2D eigenvalue weighted by Crippen LogP contribution is -2.43. The third-order valence-corrected chi connectivity index (χ3v) is 4.10. The minimum absolute atomic E-state index is 0.0420. The molecular weight excluding hydrogens is 278 g/mol. The molecule has 1 atom stereocenters. The number of rotatable bonds is 7.